The third kappa shape index (κ3) is 7.07. The first kappa shape index (κ1) is 19.0. The van der Waals surface area contributed by atoms with Gasteiger partial charge in [0.1, 0.15) is 0 Å². The number of likely N-dealkylation sites (tertiary alicyclic amines) is 1. The molecule has 0 atom stereocenters. The average molecular weight is 353 g/mol. The van der Waals surface area contributed by atoms with Crippen LogP contribution in [0.4, 0.5) is 0 Å². The van der Waals surface area contributed by atoms with Crippen LogP contribution in [-0.4, -0.2) is 54.8 Å². The van der Waals surface area contributed by atoms with Gasteiger partial charge in [0.25, 0.3) is 0 Å². The fourth-order valence-electron chi connectivity index (χ4n) is 2.80. The number of benzene rings is 1. The molecule has 134 valence electrons. The first-order valence-electron chi connectivity index (χ1n) is 8.84. The maximum atomic E-state index is 9.53. The van der Waals surface area contributed by atoms with Crippen molar-refractivity contribution in [2.75, 3.05) is 32.7 Å². The number of nitrogens with one attached hydrogen (secondary N) is 2. The maximum absolute atomic E-state index is 9.53. The van der Waals surface area contributed by atoms with Crippen molar-refractivity contribution in [2.45, 2.75) is 38.8 Å². The Kier molecular flexibility index (Phi) is 8.36. The molecule has 0 saturated carbocycles. The summed E-state index contributed by atoms with van der Waals surface area (Å²) in [5.74, 6) is 0.839. The highest BCUT2D eigenvalue weighted by molar-refractivity contribution is 6.30. The fraction of sp³-hybridized carbons (Fsp3) is 0.611. The van der Waals surface area contributed by atoms with Crippen molar-refractivity contribution in [3.8, 4) is 0 Å². The van der Waals surface area contributed by atoms with Crippen LogP contribution in [0.1, 0.15) is 31.7 Å². The number of guanidine groups is 1. The van der Waals surface area contributed by atoms with Crippen molar-refractivity contribution in [1.29, 1.82) is 0 Å². The highest BCUT2D eigenvalue weighted by Gasteiger charge is 2.15. The Hall–Kier alpha value is -1.30. The van der Waals surface area contributed by atoms with Crippen LogP contribution < -0.4 is 10.6 Å². The van der Waals surface area contributed by atoms with E-state index in [0.717, 1.165) is 68.5 Å². The standard InChI is InChI=1S/C18H29ClN4O/c1-2-20-18(22-14-15-5-3-6-16(19)13-15)21-9-4-10-23-11-7-17(24)8-12-23/h3,5-6,13,17,24H,2,4,7-12,14H2,1H3,(H2,20,21,22). The van der Waals surface area contributed by atoms with E-state index in [1.807, 2.05) is 24.3 Å². The summed E-state index contributed by atoms with van der Waals surface area (Å²) < 4.78 is 0. The summed E-state index contributed by atoms with van der Waals surface area (Å²) in [5, 5.41) is 16.9. The lowest BCUT2D eigenvalue weighted by Crippen LogP contribution is -2.40. The highest BCUT2D eigenvalue weighted by atomic mass is 35.5. The van der Waals surface area contributed by atoms with E-state index in [2.05, 4.69) is 27.4 Å². The number of aliphatic hydroxyl groups excluding tert-OH is 1. The third-order valence-corrected chi connectivity index (χ3v) is 4.39. The summed E-state index contributed by atoms with van der Waals surface area (Å²) in [5.41, 5.74) is 1.10. The molecule has 0 amide bonds. The first-order chi connectivity index (χ1) is 11.7. The van der Waals surface area contributed by atoms with Gasteiger partial charge in [-0.1, -0.05) is 23.7 Å². The Morgan fingerprint density at radius 2 is 2.12 bits per heavy atom. The molecule has 1 aliphatic heterocycles. The molecule has 1 aliphatic rings. The second-order valence-corrected chi connectivity index (χ2v) is 6.61. The second kappa shape index (κ2) is 10.5. The summed E-state index contributed by atoms with van der Waals surface area (Å²) in [6, 6.07) is 7.80. The molecule has 0 aliphatic carbocycles. The molecule has 1 saturated heterocycles. The minimum absolute atomic E-state index is 0.0987. The third-order valence-electron chi connectivity index (χ3n) is 4.15. The Balaban J connectivity index is 1.71. The van der Waals surface area contributed by atoms with E-state index in [1.54, 1.807) is 0 Å². The fourth-order valence-corrected chi connectivity index (χ4v) is 3.01. The Morgan fingerprint density at radius 3 is 2.83 bits per heavy atom. The molecule has 1 aromatic rings. The van der Waals surface area contributed by atoms with Crippen LogP contribution in [0, 0.1) is 0 Å². The largest absolute Gasteiger partial charge is 0.393 e. The van der Waals surface area contributed by atoms with Gasteiger partial charge in [-0.3, -0.25) is 0 Å². The molecule has 24 heavy (non-hydrogen) atoms. The number of nitrogens with zero attached hydrogens (tertiary/aromatic N) is 2. The zero-order chi connectivity index (χ0) is 17.2. The van der Waals surface area contributed by atoms with Gasteiger partial charge in [-0.2, -0.15) is 0 Å². The van der Waals surface area contributed by atoms with E-state index < -0.39 is 0 Å². The zero-order valence-corrected chi connectivity index (χ0v) is 15.2. The van der Waals surface area contributed by atoms with Gasteiger partial charge in [0.15, 0.2) is 5.96 Å². The first-order valence-corrected chi connectivity index (χ1v) is 9.22. The van der Waals surface area contributed by atoms with Gasteiger partial charge in [-0.25, -0.2) is 4.99 Å². The summed E-state index contributed by atoms with van der Waals surface area (Å²) in [7, 11) is 0. The molecule has 0 spiro atoms. The predicted molar refractivity (Wildman–Crippen MR) is 101 cm³/mol. The smallest absolute Gasteiger partial charge is 0.191 e. The summed E-state index contributed by atoms with van der Waals surface area (Å²) in [6.07, 6.45) is 2.77. The molecule has 1 aromatic carbocycles. The van der Waals surface area contributed by atoms with Crippen LogP contribution in [0.2, 0.25) is 5.02 Å². The summed E-state index contributed by atoms with van der Waals surface area (Å²) >= 11 is 6.01. The number of halogens is 1. The number of hydrogen-bond acceptors (Lipinski definition) is 3. The second-order valence-electron chi connectivity index (χ2n) is 6.18. The Morgan fingerprint density at radius 1 is 1.33 bits per heavy atom. The maximum Gasteiger partial charge on any atom is 0.191 e. The van der Waals surface area contributed by atoms with E-state index in [1.165, 1.54) is 0 Å². The lowest BCUT2D eigenvalue weighted by molar-refractivity contribution is 0.0823. The van der Waals surface area contributed by atoms with E-state index in [4.69, 9.17) is 11.6 Å². The van der Waals surface area contributed by atoms with Crippen molar-refractivity contribution < 1.29 is 5.11 Å². The van der Waals surface area contributed by atoms with Crippen LogP contribution >= 0.6 is 11.6 Å². The monoisotopic (exact) mass is 352 g/mol. The van der Waals surface area contributed by atoms with Gasteiger partial charge >= 0.3 is 0 Å². The number of hydrogen-bond donors (Lipinski definition) is 3. The van der Waals surface area contributed by atoms with Gasteiger partial charge in [0, 0.05) is 31.2 Å². The lowest BCUT2D eigenvalue weighted by atomic mass is 10.1. The number of piperidine rings is 1. The van der Waals surface area contributed by atoms with E-state index in [-0.39, 0.29) is 6.10 Å². The Labute approximate surface area is 150 Å². The average Bonchev–Trinajstić information content (AvgIpc) is 2.58. The predicted octanol–water partition coefficient (Wildman–Crippen LogP) is 2.24. The molecular weight excluding hydrogens is 324 g/mol. The van der Waals surface area contributed by atoms with Crippen molar-refractivity contribution in [3.05, 3.63) is 34.9 Å². The molecule has 6 heteroatoms. The molecule has 3 N–H and O–H groups in total. The van der Waals surface area contributed by atoms with Gasteiger partial charge in [-0.15, -0.1) is 0 Å². The van der Waals surface area contributed by atoms with Crippen molar-refractivity contribution >= 4 is 17.6 Å². The molecule has 2 rings (SSSR count). The van der Waals surface area contributed by atoms with Crippen LogP contribution in [0.3, 0.4) is 0 Å². The minimum Gasteiger partial charge on any atom is -0.393 e. The van der Waals surface area contributed by atoms with Crippen molar-refractivity contribution in [2.24, 2.45) is 4.99 Å². The van der Waals surface area contributed by atoms with Gasteiger partial charge in [0.2, 0.25) is 0 Å². The topological polar surface area (TPSA) is 59.9 Å². The minimum atomic E-state index is -0.0987. The molecule has 0 aromatic heterocycles. The van der Waals surface area contributed by atoms with Crippen LogP contribution in [0.15, 0.2) is 29.3 Å². The number of aliphatic hydroxyl groups is 1. The molecule has 0 bridgehead atoms. The van der Waals surface area contributed by atoms with E-state index in [0.29, 0.717) is 6.54 Å². The van der Waals surface area contributed by atoms with Crippen molar-refractivity contribution in [3.63, 3.8) is 0 Å². The highest BCUT2D eigenvalue weighted by Crippen LogP contribution is 2.11. The number of rotatable bonds is 7. The Bertz CT molecular complexity index is 515. The van der Waals surface area contributed by atoms with E-state index >= 15 is 0 Å². The zero-order valence-electron chi connectivity index (χ0n) is 14.5. The van der Waals surface area contributed by atoms with Crippen LogP contribution in [0.5, 0.6) is 0 Å². The lowest BCUT2D eigenvalue weighted by Gasteiger charge is -2.29. The SMILES string of the molecule is CCNC(=NCc1cccc(Cl)c1)NCCCN1CCC(O)CC1. The van der Waals surface area contributed by atoms with Gasteiger partial charge in [-0.05, 0) is 50.4 Å². The normalized spacial score (nSPS) is 17.0. The quantitative estimate of drug-likeness (QED) is 0.400. The van der Waals surface area contributed by atoms with Gasteiger partial charge < -0.3 is 20.6 Å². The molecule has 5 nitrogen and oxygen atoms in total. The molecule has 1 fully saturated rings. The number of aliphatic imine (C=N–C) groups is 1. The molecule has 1 heterocycles. The molecule has 0 unspecified atom stereocenters. The van der Waals surface area contributed by atoms with Crippen LogP contribution in [-0.2, 0) is 6.54 Å². The van der Waals surface area contributed by atoms with E-state index in [9.17, 15) is 5.11 Å². The van der Waals surface area contributed by atoms with Crippen molar-refractivity contribution in [1.82, 2.24) is 15.5 Å². The molecular formula is C18H29ClN4O. The van der Waals surface area contributed by atoms with Crippen LogP contribution in [0.25, 0.3) is 0 Å². The van der Waals surface area contributed by atoms with Gasteiger partial charge in [0.05, 0.1) is 12.6 Å². The summed E-state index contributed by atoms with van der Waals surface area (Å²) in [6.45, 7) is 7.48. The summed E-state index contributed by atoms with van der Waals surface area (Å²) in [4.78, 5) is 7.03. The molecule has 0 radical (unpaired) electrons.